The third-order valence-corrected chi connectivity index (χ3v) is 5.64. The summed E-state index contributed by atoms with van der Waals surface area (Å²) in [5, 5.41) is 0. The maximum absolute atomic E-state index is 12.9. The molecule has 7 nitrogen and oxygen atoms in total. The van der Waals surface area contributed by atoms with E-state index < -0.39 is 0 Å². The minimum Gasteiger partial charge on any atom is -0.462 e. The number of imide groups is 1. The maximum Gasteiger partial charge on any atom is 0.338 e. The number of hydrogen-bond donors (Lipinski definition) is 1. The SMILES string of the molecule is CCCCOC(=O)c1ccc(N2C(=O)C[C@H]([NH+]3CCC(OC)CC3)C2=O)cc1. The van der Waals surface area contributed by atoms with Crippen molar-refractivity contribution in [2.24, 2.45) is 0 Å². The van der Waals surface area contributed by atoms with E-state index >= 15 is 0 Å². The number of carbonyl (C=O) groups excluding carboxylic acids is 3. The molecular weight excluding hydrogens is 360 g/mol. The molecule has 1 aromatic rings. The highest BCUT2D eigenvalue weighted by Crippen LogP contribution is 2.23. The van der Waals surface area contributed by atoms with Crippen LogP contribution in [0.15, 0.2) is 24.3 Å². The van der Waals surface area contributed by atoms with E-state index in [4.69, 9.17) is 9.47 Å². The average Bonchev–Trinajstić information content (AvgIpc) is 3.02. The fraction of sp³-hybridized carbons (Fsp3) is 0.571. The molecule has 0 radical (unpaired) electrons. The predicted molar refractivity (Wildman–Crippen MR) is 103 cm³/mol. The van der Waals surface area contributed by atoms with Crippen LogP contribution in [-0.4, -0.2) is 56.7 Å². The fourth-order valence-electron chi connectivity index (χ4n) is 3.91. The zero-order chi connectivity index (χ0) is 20.1. The van der Waals surface area contributed by atoms with Crippen LogP contribution in [0.4, 0.5) is 5.69 Å². The van der Waals surface area contributed by atoms with Crippen LogP contribution in [0.3, 0.4) is 0 Å². The Morgan fingerprint density at radius 3 is 2.46 bits per heavy atom. The number of ether oxygens (including phenoxy) is 2. The number of carbonyl (C=O) groups is 3. The van der Waals surface area contributed by atoms with E-state index in [0.29, 0.717) is 17.9 Å². The molecular formula is C21H29N2O5+. The number of nitrogens with zero attached hydrogens (tertiary/aromatic N) is 1. The molecule has 2 heterocycles. The van der Waals surface area contributed by atoms with Gasteiger partial charge in [0.2, 0.25) is 5.91 Å². The molecule has 0 aromatic heterocycles. The van der Waals surface area contributed by atoms with E-state index in [0.717, 1.165) is 43.7 Å². The Labute approximate surface area is 165 Å². The van der Waals surface area contributed by atoms with E-state index in [-0.39, 0.29) is 36.4 Å². The number of likely N-dealkylation sites (tertiary alicyclic amines) is 1. The molecule has 1 N–H and O–H groups in total. The molecule has 7 heteroatoms. The highest BCUT2D eigenvalue weighted by Gasteiger charge is 2.46. The average molecular weight is 389 g/mol. The van der Waals surface area contributed by atoms with Gasteiger partial charge < -0.3 is 14.4 Å². The molecule has 2 fully saturated rings. The van der Waals surface area contributed by atoms with Gasteiger partial charge in [0.05, 0.1) is 43.5 Å². The minimum atomic E-state index is -0.387. The molecule has 152 valence electrons. The van der Waals surface area contributed by atoms with Gasteiger partial charge in [0, 0.05) is 20.0 Å². The number of benzene rings is 1. The molecule has 0 spiro atoms. The van der Waals surface area contributed by atoms with Crippen LogP contribution in [0.2, 0.25) is 0 Å². The normalized spacial score (nSPS) is 25.2. The predicted octanol–water partition coefficient (Wildman–Crippen LogP) is 0.969. The van der Waals surface area contributed by atoms with Gasteiger partial charge in [-0.05, 0) is 30.7 Å². The van der Waals surface area contributed by atoms with E-state index in [1.807, 2.05) is 6.92 Å². The van der Waals surface area contributed by atoms with E-state index in [9.17, 15) is 14.4 Å². The molecule has 1 atom stereocenters. The molecule has 0 unspecified atom stereocenters. The number of hydrogen-bond acceptors (Lipinski definition) is 5. The van der Waals surface area contributed by atoms with Gasteiger partial charge in [-0.2, -0.15) is 0 Å². The molecule has 2 amide bonds. The minimum absolute atomic E-state index is 0.158. The first-order valence-electron chi connectivity index (χ1n) is 10.1. The summed E-state index contributed by atoms with van der Waals surface area (Å²) < 4.78 is 10.6. The summed E-state index contributed by atoms with van der Waals surface area (Å²) in [5.74, 6) is -0.730. The van der Waals surface area contributed by atoms with Crippen molar-refractivity contribution in [2.45, 2.75) is 51.2 Å². The van der Waals surface area contributed by atoms with E-state index in [1.54, 1.807) is 31.4 Å². The van der Waals surface area contributed by atoms with Crippen molar-refractivity contribution in [3.8, 4) is 0 Å². The number of methoxy groups -OCH3 is 1. The molecule has 28 heavy (non-hydrogen) atoms. The first kappa shape index (κ1) is 20.5. The lowest BCUT2D eigenvalue weighted by molar-refractivity contribution is -0.920. The lowest BCUT2D eigenvalue weighted by Gasteiger charge is -2.31. The van der Waals surface area contributed by atoms with Crippen molar-refractivity contribution >= 4 is 23.5 Å². The molecule has 0 saturated carbocycles. The van der Waals surface area contributed by atoms with Gasteiger partial charge in [0.1, 0.15) is 0 Å². The first-order valence-corrected chi connectivity index (χ1v) is 10.1. The smallest absolute Gasteiger partial charge is 0.338 e. The number of unbranched alkanes of at least 4 members (excludes halogenated alkanes) is 1. The van der Waals surface area contributed by atoms with Gasteiger partial charge in [-0.3, -0.25) is 9.59 Å². The summed E-state index contributed by atoms with van der Waals surface area (Å²) in [6.07, 6.45) is 4.06. The second-order valence-corrected chi connectivity index (χ2v) is 7.45. The zero-order valence-corrected chi connectivity index (χ0v) is 16.6. The number of esters is 1. The number of piperidine rings is 1. The number of rotatable bonds is 7. The second-order valence-electron chi connectivity index (χ2n) is 7.45. The van der Waals surface area contributed by atoms with Gasteiger partial charge in [-0.25, -0.2) is 9.69 Å². The van der Waals surface area contributed by atoms with E-state index in [1.165, 1.54) is 4.90 Å². The van der Waals surface area contributed by atoms with Gasteiger partial charge in [-0.15, -0.1) is 0 Å². The Bertz CT molecular complexity index is 710. The second kappa shape index (κ2) is 9.30. The van der Waals surface area contributed by atoms with Crippen molar-refractivity contribution in [1.29, 1.82) is 0 Å². The number of anilines is 1. The Hall–Kier alpha value is -2.25. The third kappa shape index (κ3) is 4.42. The summed E-state index contributed by atoms with van der Waals surface area (Å²) in [5.41, 5.74) is 0.927. The number of nitrogens with one attached hydrogen (secondary N) is 1. The molecule has 2 aliphatic rings. The summed E-state index contributed by atoms with van der Waals surface area (Å²) in [6.45, 7) is 4.09. The highest BCUT2D eigenvalue weighted by molar-refractivity contribution is 6.21. The van der Waals surface area contributed by atoms with Crippen LogP contribution >= 0.6 is 0 Å². The number of quaternary nitrogens is 1. The standard InChI is InChI=1S/C21H28N2O5/c1-3-4-13-28-21(26)15-5-7-16(8-6-15)23-19(24)14-18(20(23)25)22-11-9-17(27-2)10-12-22/h5-8,17-18H,3-4,9-14H2,1-2H3/p+1/t18-/m0/s1. The third-order valence-electron chi connectivity index (χ3n) is 5.64. The molecule has 0 bridgehead atoms. The molecule has 2 aliphatic heterocycles. The Balaban J connectivity index is 1.64. The largest absolute Gasteiger partial charge is 0.462 e. The van der Waals surface area contributed by atoms with Gasteiger partial charge in [-0.1, -0.05) is 13.3 Å². The Kier molecular flexibility index (Phi) is 6.80. The Morgan fingerprint density at radius 1 is 1.18 bits per heavy atom. The summed E-state index contributed by atoms with van der Waals surface area (Å²) in [7, 11) is 1.71. The van der Waals surface area contributed by atoms with E-state index in [2.05, 4.69) is 0 Å². The summed E-state index contributed by atoms with van der Waals surface area (Å²) in [4.78, 5) is 39.9. The Morgan fingerprint density at radius 2 is 1.86 bits per heavy atom. The van der Waals surface area contributed by atoms with Crippen LogP contribution in [0.5, 0.6) is 0 Å². The van der Waals surface area contributed by atoms with Crippen molar-refractivity contribution < 1.29 is 28.8 Å². The molecule has 1 aromatic carbocycles. The maximum atomic E-state index is 12.9. The quantitative estimate of drug-likeness (QED) is 0.427. The van der Waals surface area contributed by atoms with Crippen LogP contribution in [0.1, 0.15) is 49.4 Å². The van der Waals surface area contributed by atoms with Crippen molar-refractivity contribution in [1.82, 2.24) is 0 Å². The summed E-state index contributed by atoms with van der Waals surface area (Å²) in [6, 6.07) is 6.16. The zero-order valence-electron chi connectivity index (χ0n) is 16.6. The molecule has 0 aliphatic carbocycles. The van der Waals surface area contributed by atoms with Gasteiger partial charge in [0.25, 0.3) is 5.91 Å². The van der Waals surface area contributed by atoms with Crippen LogP contribution in [-0.2, 0) is 19.1 Å². The van der Waals surface area contributed by atoms with Crippen molar-refractivity contribution in [3.63, 3.8) is 0 Å². The number of amides is 2. The monoisotopic (exact) mass is 389 g/mol. The van der Waals surface area contributed by atoms with Crippen molar-refractivity contribution in [3.05, 3.63) is 29.8 Å². The first-order chi connectivity index (χ1) is 13.5. The molecule has 2 saturated heterocycles. The molecule has 3 rings (SSSR count). The summed E-state index contributed by atoms with van der Waals surface area (Å²) >= 11 is 0. The highest BCUT2D eigenvalue weighted by atomic mass is 16.5. The van der Waals surface area contributed by atoms with Crippen LogP contribution in [0, 0.1) is 0 Å². The van der Waals surface area contributed by atoms with Crippen molar-refractivity contribution in [2.75, 3.05) is 31.7 Å². The van der Waals surface area contributed by atoms with Crippen LogP contribution in [0.25, 0.3) is 0 Å². The van der Waals surface area contributed by atoms with Crippen LogP contribution < -0.4 is 9.80 Å². The van der Waals surface area contributed by atoms with Gasteiger partial charge >= 0.3 is 5.97 Å². The lowest BCUT2D eigenvalue weighted by atomic mass is 10.0. The van der Waals surface area contributed by atoms with Gasteiger partial charge in [0.15, 0.2) is 6.04 Å². The lowest BCUT2D eigenvalue weighted by Crippen LogP contribution is -3.17. The topological polar surface area (TPSA) is 77.3 Å². The fourth-order valence-corrected chi connectivity index (χ4v) is 3.91.